The van der Waals surface area contributed by atoms with Crippen molar-refractivity contribution in [3.05, 3.63) is 99.0 Å². The molecule has 0 spiro atoms. The number of nitrogens with one attached hydrogen (secondary N) is 2. The zero-order valence-corrected chi connectivity index (χ0v) is 22.2. The number of amides is 2. The zero-order valence-electron chi connectivity index (χ0n) is 20.7. The topological polar surface area (TPSA) is 119 Å². The van der Waals surface area contributed by atoms with Gasteiger partial charge < -0.3 is 26.8 Å². The highest BCUT2D eigenvalue weighted by Crippen LogP contribution is 2.27. The van der Waals surface area contributed by atoms with Gasteiger partial charge in [-0.25, -0.2) is 0 Å². The minimum atomic E-state index is -0.781. The van der Waals surface area contributed by atoms with Gasteiger partial charge in [-0.15, -0.1) is 0 Å². The first-order chi connectivity index (χ1) is 17.8. The summed E-state index contributed by atoms with van der Waals surface area (Å²) in [6, 6.07) is 19.3. The van der Waals surface area contributed by atoms with E-state index >= 15 is 0 Å². The first kappa shape index (κ1) is 28.5. The highest BCUT2D eigenvalue weighted by Gasteiger charge is 2.24. The molecule has 0 saturated carbocycles. The third kappa shape index (κ3) is 8.47. The highest BCUT2D eigenvalue weighted by atomic mass is 35.5. The van der Waals surface area contributed by atoms with Gasteiger partial charge in [0.05, 0.1) is 28.6 Å². The molecule has 0 heterocycles. The number of halogens is 2. The van der Waals surface area contributed by atoms with E-state index in [-0.39, 0.29) is 18.4 Å². The van der Waals surface area contributed by atoms with Crippen LogP contribution in [-0.2, 0) is 29.1 Å². The molecule has 3 aromatic rings. The number of carbonyl (C=O) groups excluding carboxylic acids is 2. The fraction of sp³-hybridized carbons (Fsp3) is 0.286. The maximum Gasteiger partial charge on any atom is 0.237 e. The lowest BCUT2D eigenvalue weighted by atomic mass is 9.97. The second kappa shape index (κ2) is 14.0. The van der Waals surface area contributed by atoms with E-state index in [9.17, 15) is 9.59 Å². The Morgan fingerprint density at radius 1 is 0.865 bits per heavy atom. The first-order valence-corrected chi connectivity index (χ1v) is 12.8. The Kier molecular flexibility index (Phi) is 10.8. The molecule has 37 heavy (non-hydrogen) atoms. The Hall–Kier alpha value is -3.10. The number of benzene rings is 3. The Labute approximate surface area is 227 Å². The van der Waals surface area contributed by atoms with E-state index in [0.717, 1.165) is 22.4 Å². The van der Waals surface area contributed by atoms with E-state index < -0.39 is 12.0 Å². The average molecular weight is 543 g/mol. The Morgan fingerprint density at radius 2 is 1.51 bits per heavy atom. The molecule has 3 rings (SSSR count). The van der Waals surface area contributed by atoms with Gasteiger partial charge in [0.2, 0.25) is 11.8 Å². The summed E-state index contributed by atoms with van der Waals surface area (Å²) in [5.74, 6) is -0.555. The van der Waals surface area contributed by atoms with Gasteiger partial charge in [0.15, 0.2) is 0 Å². The van der Waals surface area contributed by atoms with Gasteiger partial charge in [0, 0.05) is 19.6 Å². The van der Waals surface area contributed by atoms with Crippen LogP contribution in [-0.4, -0.2) is 31.0 Å². The van der Waals surface area contributed by atoms with E-state index in [1.807, 2.05) is 55.5 Å². The fourth-order valence-electron chi connectivity index (χ4n) is 3.77. The number of ether oxygens (including phenoxy) is 1. The second-order valence-corrected chi connectivity index (χ2v) is 9.41. The van der Waals surface area contributed by atoms with Crippen LogP contribution in [0.2, 0.25) is 10.0 Å². The number of hydrogen-bond donors (Lipinski definition) is 4. The van der Waals surface area contributed by atoms with Crippen LogP contribution in [0, 0.1) is 0 Å². The van der Waals surface area contributed by atoms with Crippen LogP contribution in [0.3, 0.4) is 0 Å². The second-order valence-electron chi connectivity index (χ2n) is 8.60. The van der Waals surface area contributed by atoms with Crippen molar-refractivity contribution in [3.8, 4) is 5.75 Å². The molecule has 6 N–H and O–H groups in total. The molecule has 0 saturated heterocycles. The molecule has 7 nitrogen and oxygen atoms in total. The highest BCUT2D eigenvalue weighted by molar-refractivity contribution is 6.42. The summed E-state index contributed by atoms with van der Waals surface area (Å²) in [5.41, 5.74) is 15.3. The third-order valence-corrected chi connectivity index (χ3v) is 6.63. The summed E-state index contributed by atoms with van der Waals surface area (Å²) in [7, 11) is 0. The third-order valence-electron chi connectivity index (χ3n) is 5.90. The zero-order chi connectivity index (χ0) is 26.8. The summed E-state index contributed by atoms with van der Waals surface area (Å²) in [4.78, 5) is 26.0. The van der Waals surface area contributed by atoms with Crippen LogP contribution >= 0.6 is 23.2 Å². The minimum Gasteiger partial charge on any atom is -0.494 e. The van der Waals surface area contributed by atoms with Crippen molar-refractivity contribution in [1.29, 1.82) is 0 Å². The summed E-state index contributed by atoms with van der Waals surface area (Å²) in [5, 5.41) is 6.47. The Bertz CT molecular complexity index is 1190. The molecule has 0 radical (unpaired) electrons. The molecule has 0 bridgehead atoms. The maximum absolute atomic E-state index is 13.2. The van der Waals surface area contributed by atoms with Gasteiger partial charge in [-0.1, -0.05) is 65.7 Å². The SMILES string of the molecule is CCOc1ccc(C[C@@H](N)C(=O)NC[C@H](C(=O)NCc2ccc(CN)cc2)c2ccc(Cl)c(Cl)c2)cc1. The predicted molar refractivity (Wildman–Crippen MR) is 148 cm³/mol. The summed E-state index contributed by atoms with van der Waals surface area (Å²) < 4.78 is 5.45. The van der Waals surface area contributed by atoms with E-state index in [4.69, 9.17) is 39.4 Å². The van der Waals surface area contributed by atoms with Crippen LogP contribution in [0.1, 0.15) is 35.1 Å². The molecule has 196 valence electrons. The first-order valence-electron chi connectivity index (χ1n) is 12.1. The molecular formula is C28H32Cl2N4O3. The number of rotatable bonds is 12. The summed E-state index contributed by atoms with van der Waals surface area (Å²) in [6.45, 7) is 3.32. The Balaban J connectivity index is 1.65. The van der Waals surface area contributed by atoms with Crippen LogP contribution in [0.15, 0.2) is 66.7 Å². The van der Waals surface area contributed by atoms with E-state index in [2.05, 4.69) is 10.6 Å². The largest absolute Gasteiger partial charge is 0.494 e. The van der Waals surface area contributed by atoms with Crippen molar-refractivity contribution in [2.75, 3.05) is 13.2 Å². The fourth-order valence-corrected chi connectivity index (χ4v) is 4.07. The van der Waals surface area contributed by atoms with E-state index in [1.165, 1.54) is 0 Å². The molecule has 0 unspecified atom stereocenters. The number of hydrogen-bond acceptors (Lipinski definition) is 5. The summed E-state index contributed by atoms with van der Waals surface area (Å²) >= 11 is 12.3. The summed E-state index contributed by atoms with van der Waals surface area (Å²) in [6.07, 6.45) is 0.348. The maximum atomic E-state index is 13.2. The van der Waals surface area contributed by atoms with Gasteiger partial charge in [-0.2, -0.15) is 0 Å². The standard InChI is InChI=1S/C28H32Cl2N4O3/c1-2-37-22-10-7-18(8-11-22)13-26(32)28(36)34-17-23(21-9-12-24(29)25(30)14-21)27(35)33-16-20-5-3-19(15-31)4-6-20/h3-12,14,23,26H,2,13,15-17,31-32H2,1H3,(H,33,35)(H,34,36)/t23-,26+/m0/s1. The molecule has 0 aliphatic rings. The lowest BCUT2D eigenvalue weighted by Gasteiger charge is -2.20. The van der Waals surface area contributed by atoms with E-state index in [1.54, 1.807) is 18.2 Å². The molecule has 0 fully saturated rings. The van der Waals surface area contributed by atoms with Gasteiger partial charge in [0.1, 0.15) is 5.75 Å². The van der Waals surface area contributed by atoms with Crippen LogP contribution < -0.4 is 26.8 Å². The van der Waals surface area contributed by atoms with Crippen molar-refractivity contribution in [3.63, 3.8) is 0 Å². The van der Waals surface area contributed by atoms with Gasteiger partial charge >= 0.3 is 0 Å². The molecule has 3 aromatic carbocycles. The van der Waals surface area contributed by atoms with Gasteiger partial charge in [-0.05, 0) is 59.9 Å². The predicted octanol–water partition coefficient (Wildman–Crippen LogP) is 3.94. The molecule has 0 aliphatic heterocycles. The quantitative estimate of drug-likeness (QED) is 0.276. The molecule has 0 aromatic heterocycles. The van der Waals surface area contributed by atoms with Crippen molar-refractivity contribution in [1.82, 2.24) is 10.6 Å². The Morgan fingerprint density at radius 3 is 2.14 bits per heavy atom. The van der Waals surface area contributed by atoms with Crippen LogP contribution in [0.25, 0.3) is 0 Å². The smallest absolute Gasteiger partial charge is 0.237 e. The van der Waals surface area contributed by atoms with Crippen molar-refractivity contribution in [2.24, 2.45) is 11.5 Å². The van der Waals surface area contributed by atoms with Gasteiger partial charge in [-0.3, -0.25) is 9.59 Å². The number of nitrogens with two attached hydrogens (primary N) is 2. The lowest BCUT2D eigenvalue weighted by molar-refractivity contribution is -0.124. The van der Waals surface area contributed by atoms with E-state index in [0.29, 0.717) is 41.7 Å². The lowest BCUT2D eigenvalue weighted by Crippen LogP contribution is -2.45. The molecule has 2 amide bonds. The normalized spacial score (nSPS) is 12.5. The molecular weight excluding hydrogens is 511 g/mol. The minimum absolute atomic E-state index is 0.0473. The monoisotopic (exact) mass is 542 g/mol. The molecule has 9 heteroatoms. The van der Waals surface area contributed by atoms with Crippen LogP contribution in [0.5, 0.6) is 5.75 Å². The van der Waals surface area contributed by atoms with Crippen molar-refractivity contribution in [2.45, 2.75) is 38.4 Å². The van der Waals surface area contributed by atoms with Gasteiger partial charge in [0.25, 0.3) is 0 Å². The van der Waals surface area contributed by atoms with Crippen molar-refractivity contribution < 1.29 is 14.3 Å². The van der Waals surface area contributed by atoms with Crippen molar-refractivity contribution >= 4 is 35.0 Å². The van der Waals surface area contributed by atoms with Crippen LogP contribution in [0.4, 0.5) is 0 Å². The average Bonchev–Trinajstić information content (AvgIpc) is 2.90. The molecule has 2 atom stereocenters. The number of carbonyl (C=O) groups is 2. The molecule has 0 aliphatic carbocycles.